The van der Waals surface area contributed by atoms with Crippen LogP contribution in [0.5, 0.6) is 0 Å². The number of nitrogens with two attached hydrogens (primary N) is 1. The summed E-state index contributed by atoms with van der Waals surface area (Å²) >= 11 is 0. The number of nitrogens with one attached hydrogen (secondary N) is 1. The van der Waals surface area contributed by atoms with Gasteiger partial charge in [-0.1, -0.05) is 0 Å². The van der Waals surface area contributed by atoms with Crippen molar-refractivity contribution in [3.05, 3.63) is 28.2 Å². The van der Waals surface area contributed by atoms with E-state index in [-0.39, 0.29) is 11.4 Å². The maximum atomic E-state index is 10.9. The molecule has 5 nitrogen and oxygen atoms in total. The molecule has 0 aromatic carbocycles. The number of H-pyrrole nitrogens is 1. The smallest absolute Gasteiger partial charge is 0.354 e. The van der Waals surface area contributed by atoms with Crippen molar-refractivity contribution < 1.29 is 9.53 Å². The molecule has 0 aliphatic rings. The van der Waals surface area contributed by atoms with Crippen molar-refractivity contribution in [1.82, 2.24) is 4.98 Å². The molecule has 5 heteroatoms. The average Bonchev–Trinajstić information content (AvgIpc) is 2.08. The van der Waals surface area contributed by atoms with Gasteiger partial charge >= 0.3 is 5.97 Å². The molecule has 0 fully saturated rings. The minimum Gasteiger partial charge on any atom is -0.464 e. The topological polar surface area (TPSA) is 85.2 Å². The first-order valence-electron chi connectivity index (χ1n) is 3.22. The zero-order chi connectivity index (χ0) is 9.14. The maximum Gasteiger partial charge on any atom is 0.354 e. The molecule has 1 rings (SSSR count). The third-order valence-corrected chi connectivity index (χ3v) is 1.35. The van der Waals surface area contributed by atoms with Crippen molar-refractivity contribution in [2.24, 2.45) is 0 Å². The summed E-state index contributed by atoms with van der Waals surface area (Å²) in [5.41, 5.74) is 4.91. The van der Waals surface area contributed by atoms with Gasteiger partial charge in [-0.3, -0.25) is 4.79 Å². The highest BCUT2D eigenvalue weighted by molar-refractivity contribution is 5.87. The fourth-order valence-electron chi connectivity index (χ4n) is 0.714. The molecule has 0 spiro atoms. The summed E-state index contributed by atoms with van der Waals surface area (Å²) < 4.78 is 4.38. The molecule has 3 N–H and O–H groups in total. The molecule has 0 saturated carbocycles. The number of carbonyl (C=O) groups excluding carboxylic acids is 1. The second-order valence-electron chi connectivity index (χ2n) is 2.15. The van der Waals surface area contributed by atoms with Crippen LogP contribution in [0.2, 0.25) is 0 Å². The number of carbonyl (C=O) groups is 1. The zero-order valence-corrected chi connectivity index (χ0v) is 6.46. The van der Waals surface area contributed by atoms with Gasteiger partial charge in [-0.15, -0.1) is 0 Å². The Morgan fingerprint density at radius 1 is 1.58 bits per heavy atom. The number of aromatic nitrogens is 1. The van der Waals surface area contributed by atoms with E-state index in [9.17, 15) is 9.59 Å². The summed E-state index contributed by atoms with van der Waals surface area (Å²) in [6.45, 7) is 0. The number of methoxy groups -OCH3 is 1. The second-order valence-corrected chi connectivity index (χ2v) is 2.15. The summed E-state index contributed by atoms with van der Waals surface area (Å²) in [4.78, 5) is 24.0. The standard InChI is InChI=1S/C7H8N2O3/c1-12-7(11)5-3-2-4(8)6(10)9-5/h2-3H,8H2,1H3,(H,9,10). The van der Waals surface area contributed by atoms with Crippen molar-refractivity contribution in [2.75, 3.05) is 12.8 Å². The van der Waals surface area contributed by atoms with Gasteiger partial charge in [0.15, 0.2) is 0 Å². The molecule has 0 aliphatic carbocycles. The third-order valence-electron chi connectivity index (χ3n) is 1.35. The fraction of sp³-hybridized carbons (Fsp3) is 0.143. The third kappa shape index (κ3) is 1.45. The van der Waals surface area contributed by atoms with E-state index in [1.807, 2.05) is 0 Å². The zero-order valence-electron chi connectivity index (χ0n) is 6.46. The monoisotopic (exact) mass is 168 g/mol. The quantitative estimate of drug-likeness (QED) is 0.566. The molecule has 0 saturated heterocycles. The summed E-state index contributed by atoms with van der Waals surface area (Å²) in [5, 5.41) is 0. The van der Waals surface area contributed by atoms with Gasteiger partial charge in [0.05, 0.1) is 12.8 Å². The van der Waals surface area contributed by atoms with E-state index in [0.717, 1.165) is 0 Å². The Morgan fingerprint density at radius 3 is 2.75 bits per heavy atom. The van der Waals surface area contributed by atoms with Crippen LogP contribution >= 0.6 is 0 Å². The normalized spacial score (nSPS) is 9.42. The second kappa shape index (κ2) is 3.08. The number of aromatic amines is 1. The Hall–Kier alpha value is -1.78. The molecule has 1 aromatic heterocycles. The molecule has 0 bridgehead atoms. The Balaban J connectivity index is 3.13. The van der Waals surface area contributed by atoms with Crippen LogP contribution in [0.15, 0.2) is 16.9 Å². The molecule has 0 aliphatic heterocycles. The molecule has 0 amide bonds. The number of esters is 1. The SMILES string of the molecule is COC(=O)c1ccc(N)c(=O)[nH]1. The maximum absolute atomic E-state index is 10.9. The Kier molecular flexibility index (Phi) is 2.14. The number of anilines is 1. The lowest BCUT2D eigenvalue weighted by Gasteiger charge is -1.98. The number of hydrogen-bond acceptors (Lipinski definition) is 4. The van der Waals surface area contributed by atoms with E-state index in [2.05, 4.69) is 9.72 Å². The average molecular weight is 168 g/mol. The lowest BCUT2D eigenvalue weighted by molar-refractivity contribution is 0.0594. The predicted molar refractivity (Wildman–Crippen MR) is 42.8 cm³/mol. The Morgan fingerprint density at radius 2 is 2.25 bits per heavy atom. The highest BCUT2D eigenvalue weighted by atomic mass is 16.5. The van der Waals surface area contributed by atoms with Crippen molar-refractivity contribution >= 4 is 11.7 Å². The highest BCUT2D eigenvalue weighted by Crippen LogP contribution is 1.96. The fourth-order valence-corrected chi connectivity index (χ4v) is 0.714. The van der Waals surface area contributed by atoms with Crippen molar-refractivity contribution in [3.63, 3.8) is 0 Å². The van der Waals surface area contributed by atoms with E-state index in [1.54, 1.807) is 0 Å². The summed E-state index contributed by atoms with van der Waals surface area (Å²) in [6, 6.07) is 2.74. The van der Waals surface area contributed by atoms with Crippen LogP contribution in [-0.2, 0) is 4.74 Å². The van der Waals surface area contributed by atoms with Crippen LogP contribution in [0.25, 0.3) is 0 Å². The molecule has 0 atom stereocenters. The van der Waals surface area contributed by atoms with Gasteiger partial charge in [-0.05, 0) is 12.1 Å². The molecule has 64 valence electrons. The van der Waals surface area contributed by atoms with E-state index < -0.39 is 11.5 Å². The first-order valence-corrected chi connectivity index (χ1v) is 3.22. The Bertz CT molecular complexity index is 356. The molecular formula is C7H8N2O3. The highest BCUT2D eigenvalue weighted by Gasteiger charge is 2.05. The predicted octanol–water partition coefficient (Wildman–Crippen LogP) is -0.256. The molecule has 1 heterocycles. The van der Waals surface area contributed by atoms with Gasteiger partial charge < -0.3 is 15.5 Å². The Labute approximate surface area is 68.2 Å². The summed E-state index contributed by atoms with van der Waals surface area (Å²) in [7, 11) is 1.23. The van der Waals surface area contributed by atoms with Crippen LogP contribution in [-0.4, -0.2) is 18.1 Å². The van der Waals surface area contributed by atoms with E-state index in [4.69, 9.17) is 5.73 Å². The minimum absolute atomic E-state index is 0.0719. The van der Waals surface area contributed by atoms with Gasteiger partial charge in [0, 0.05) is 0 Å². The molecule has 12 heavy (non-hydrogen) atoms. The number of nitrogen functional groups attached to an aromatic ring is 1. The van der Waals surface area contributed by atoms with Crippen LogP contribution in [0.4, 0.5) is 5.69 Å². The van der Waals surface area contributed by atoms with Crippen LogP contribution in [0.1, 0.15) is 10.5 Å². The first-order chi connectivity index (χ1) is 5.65. The number of hydrogen-bond donors (Lipinski definition) is 2. The van der Waals surface area contributed by atoms with E-state index in [0.29, 0.717) is 0 Å². The van der Waals surface area contributed by atoms with Gasteiger partial charge in [0.1, 0.15) is 5.69 Å². The van der Waals surface area contributed by atoms with Crippen molar-refractivity contribution in [2.45, 2.75) is 0 Å². The number of pyridine rings is 1. The van der Waals surface area contributed by atoms with Gasteiger partial charge in [-0.2, -0.15) is 0 Å². The van der Waals surface area contributed by atoms with Crippen molar-refractivity contribution in [3.8, 4) is 0 Å². The van der Waals surface area contributed by atoms with Crippen LogP contribution in [0.3, 0.4) is 0 Å². The van der Waals surface area contributed by atoms with Gasteiger partial charge in [0.2, 0.25) is 0 Å². The lowest BCUT2D eigenvalue weighted by atomic mass is 10.3. The van der Waals surface area contributed by atoms with Crippen LogP contribution in [0, 0.1) is 0 Å². The van der Waals surface area contributed by atoms with Gasteiger partial charge in [0.25, 0.3) is 5.56 Å². The van der Waals surface area contributed by atoms with E-state index in [1.165, 1.54) is 19.2 Å². The summed E-state index contributed by atoms with van der Waals surface area (Å²) in [5.74, 6) is -0.591. The van der Waals surface area contributed by atoms with Crippen molar-refractivity contribution in [1.29, 1.82) is 0 Å². The number of ether oxygens (including phenoxy) is 1. The first kappa shape index (κ1) is 8.32. The molecule has 0 radical (unpaired) electrons. The molecule has 1 aromatic rings. The largest absolute Gasteiger partial charge is 0.464 e. The number of rotatable bonds is 1. The van der Waals surface area contributed by atoms with Gasteiger partial charge in [-0.25, -0.2) is 4.79 Å². The van der Waals surface area contributed by atoms with Crippen LogP contribution < -0.4 is 11.3 Å². The summed E-state index contributed by atoms with van der Waals surface area (Å²) in [6.07, 6.45) is 0. The lowest BCUT2D eigenvalue weighted by Crippen LogP contribution is -2.16. The van der Waals surface area contributed by atoms with E-state index >= 15 is 0 Å². The minimum atomic E-state index is -0.591. The molecular weight excluding hydrogens is 160 g/mol. The molecule has 0 unspecified atom stereocenters.